The van der Waals surface area contributed by atoms with E-state index in [-0.39, 0.29) is 17.2 Å². The largest absolute Gasteiger partial charge is 0.530 e. The number of halogens is 5. The quantitative estimate of drug-likeness (QED) is 0.0303. The summed E-state index contributed by atoms with van der Waals surface area (Å²) < 4.78 is 69.8. The number of carbonyl (C=O) groups is 3. The van der Waals surface area contributed by atoms with Gasteiger partial charge in [-0.25, -0.2) is 9.78 Å². The molecule has 0 atom stereocenters. The molecule has 92 heavy (non-hydrogen) atoms. The zero-order valence-corrected chi connectivity index (χ0v) is 60.2. The van der Waals surface area contributed by atoms with Crippen LogP contribution in [-0.2, 0) is 79.1 Å². The van der Waals surface area contributed by atoms with Gasteiger partial charge in [0.05, 0.1) is 19.7 Å². The number of ketones is 1. The average molecular weight is 1460 g/mol. The maximum absolute atomic E-state index is 11.6. The lowest BCUT2D eigenvalue weighted by atomic mass is 10.1. The fourth-order valence-corrected chi connectivity index (χ4v) is 16.9. The summed E-state index contributed by atoms with van der Waals surface area (Å²) >= 11 is 27.4. The Morgan fingerprint density at radius 3 is 1.72 bits per heavy atom. The van der Waals surface area contributed by atoms with E-state index in [1.165, 1.54) is 52.9 Å². The van der Waals surface area contributed by atoms with Gasteiger partial charge in [0, 0.05) is 141 Å². The number of ether oxygens (including phenoxy) is 6. The van der Waals surface area contributed by atoms with Gasteiger partial charge in [-0.15, -0.1) is 0 Å². The summed E-state index contributed by atoms with van der Waals surface area (Å²) in [5.74, 6) is 0.263. The lowest BCUT2D eigenvalue weighted by Gasteiger charge is -2.41. The Kier molecular flexibility index (Phi) is 35.8. The van der Waals surface area contributed by atoms with Crippen molar-refractivity contribution >= 4 is 120 Å². The molecule has 2 aliphatic rings. The molecule has 21 nitrogen and oxygen atoms in total. The lowest BCUT2D eigenvalue weighted by molar-refractivity contribution is -0.180. The van der Waals surface area contributed by atoms with Gasteiger partial charge in [0.15, 0.2) is 11.7 Å². The minimum absolute atomic E-state index is 0.0788. The van der Waals surface area contributed by atoms with Gasteiger partial charge in [0.2, 0.25) is 17.8 Å². The molecule has 1 fully saturated rings. The summed E-state index contributed by atoms with van der Waals surface area (Å²) in [5, 5.41) is 11.3. The Hall–Kier alpha value is -5.39. The predicted octanol–water partition coefficient (Wildman–Crippen LogP) is 13.9. The molecule has 28 heteroatoms. The number of carbonyl (C=O) groups excluding carboxylic acids is 3. The van der Waals surface area contributed by atoms with E-state index in [0.29, 0.717) is 58.6 Å². The summed E-state index contributed by atoms with van der Waals surface area (Å²) in [6.07, 6.45) is 5.68. The maximum Gasteiger partial charge on any atom is 0.394 e. The van der Waals surface area contributed by atoms with Gasteiger partial charge < -0.3 is 48.5 Å². The van der Waals surface area contributed by atoms with E-state index in [4.69, 9.17) is 88.3 Å². The number of nitrogens with zero attached hydrogens (tertiary/aromatic N) is 4. The molecule has 0 unspecified atom stereocenters. The number of hydrogen-bond donors (Lipinski definition) is 4. The number of nitrogens with one attached hydrogen (secondary N) is 1. The van der Waals surface area contributed by atoms with Crippen molar-refractivity contribution in [1.82, 2.24) is 24.6 Å². The maximum atomic E-state index is 11.6. The molecule has 9 rings (SSSR count). The van der Waals surface area contributed by atoms with Crippen molar-refractivity contribution < 1.29 is 64.8 Å². The highest BCUT2D eigenvalue weighted by atomic mass is 79.9. The van der Waals surface area contributed by atoms with Crippen LogP contribution in [0, 0.1) is 0 Å². The second-order valence-corrected chi connectivity index (χ2v) is 30.2. The summed E-state index contributed by atoms with van der Waals surface area (Å²) in [7, 11) is 0.264. The predicted molar refractivity (Wildman–Crippen MR) is 368 cm³/mol. The number of aromatic amines is 1. The number of aromatic nitrogens is 4. The topological polar surface area (TPSA) is 283 Å². The number of fused-ring (bicyclic) bond motifs is 3. The number of amides is 1. The second-order valence-electron chi connectivity index (χ2n) is 21.6. The fraction of sp³-hybridized carbons (Fsp3) is 0.438. The molecule has 506 valence electrons. The molecule has 2 aliphatic heterocycles. The first-order valence-corrected chi connectivity index (χ1v) is 35.0. The summed E-state index contributed by atoms with van der Waals surface area (Å²) in [6, 6.07) is 30.4. The van der Waals surface area contributed by atoms with Crippen molar-refractivity contribution in [3.05, 3.63) is 167 Å². The smallest absolute Gasteiger partial charge is 0.394 e. The van der Waals surface area contributed by atoms with Crippen molar-refractivity contribution in [3.8, 4) is 5.88 Å². The van der Waals surface area contributed by atoms with Crippen molar-refractivity contribution in [3.63, 3.8) is 0 Å². The Balaban J connectivity index is 0.000000291. The first-order chi connectivity index (χ1) is 43.5. The standard InChI is InChI=1S/C18H26ClNOSi.C13H18BrN3O2.C12H15ClO3.C9H6ClNO.C7H8ClN.C5H10O4.H2O4S/c1-12(2)22(13(3)4,14(5)6)21-18-10-15-8-7-9-17(19)16(15)11-20-18;1-9(18)16-5-2-12-11(8-16)13(14)15-17(12)10-3-6-19-7-4-10;1-15-12(16-2)11(14)8-7-9-5-3-4-6-10(9)13;10-8-3-1-2-6-4-9(12)11-5-7(6)8;8-7-4-2-1-3-6(7)5-9;1-7-4(6)5(8-2)9-3;1-5(2,3)4/h7-14H,1-6H3;10H,2-8H2,1H3;3-6,12H,7-8H2,1-2H3;1-5H,(H,11,12);1-4H,5,9H2;5H,1-3H3;(H2,1,2,3,4). The highest BCUT2D eigenvalue weighted by molar-refractivity contribution is 9.10. The minimum atomic E-state index is -4.67. The van der Waals surface area contributed by atoms with Gasteiger partial charge in [-0.2, -0.15) is 13.5 Å². The molecule has 5 N–H and O–H groups in total. The molecule has 0 aliphatic carbocycles. The van der Waals surface area contributed by atoms with Crippen LogP contribution in [-0.4, -0.2) is 136 Å². The van der Waals surface area contributed by atoms with E-state index in [2.05, 4.69) is 97.5 Å². The molecule has 3 aromatic heterocycles. The third-order valence-electron chi connectivity index (χ3n) is 14.7. The van der Waals surface area contributed by atoms with Crippen molar-refractivity contribution in [2.75, 3.05) is 55.3 Å². The Bertz CT molecular complexity index is 3580. The van der Waals surface area contributed by atoms with Crippen molar-refractivity contribution in [2.45, 2.75) is 129 Å². The van der Waals surface area contributed by atoms with Crippen molar-refractivity contribution in [1.29, 1.82) is 0 Å². The fourth-order valence-electron chi connectivity index (χ4n) is 10.3. The third-order valence-corrected chi connectivity index (χ3v) is 22.7. The van der Waals surface area contributed by atoms with E-state index < -0.39 is 37.3 Å². The number of pyridine rings is 2. The number of aryl methyl sites for hydroxylation is 1. The molecular formula is C64H85BrCl4N6O15SSi. The molecule has 0 spiro atoms. The molecular weight excluding hydrogens is 1370 g/mol. The molecule has 1 saturated heterocycles. The van der Waals surface area contributed by atoms with E-state index in [1.807, 2.05) is 90.0 Å². The highest BCUT2D eigenvalue weighted by Crippen LogP contribution is 2.43. The zero-order chi connectivity index (χ0) is 68.9. The van der Waals surface area contributed by atoms with Crippen LogP contribution in [0.4, 0.5) is 0 Å². The van der Waals surface area contributed by atoms with Gasteiger partial charge in [-0.05, 0) is 98.0 Å². The van der Waals surface area contributed by atoms with Crippen LogP contribution in [0.15, 0.2) is 119 Å². The molecule has 0 bridgehead atoms. The number of H-pyrrole nitrogens is 1. The molecule has 5 heterocycles. The number of rotatable bonds is 16. The first kappa shape index (κ1) is 80.8. The third kappa shape index (κ3) is 25.7. The van der Waals surface area contributed by atoms with Crippen LogP contribution in [0.5, 0.6) is 5.88 Å². The Morgan fingerprint density at radius 1 is 0.750 bits per heavy atom. The molecule has 0 radical (unpaired) electrons. The zero-order valence-electron chi connectivity index (χ0n) is 53.8. The molecule has 4 aromatic carbocycles. The summed E-state index contributed by atoms with van der Waals surface area (Å²) in [4.78, 5) is 53.5. The van der Waals surface area contributed by atoms with Crippen LogP contribution in [0.25, 0.3) is 21.5 Å². The van der Waals surface area contributed by atoms with Gasteiger partial charge in [0.1, 0.15) is 4.60 Å². The Morgan fingerprint density at radius 2 is 1.25 bits per heavy atom. The van der Waals surface area contributed by atoms with Crippen LogP contribution in [0.2, 0.25) is 36.7 Å². The summed E-state index contributed by atoms with van der Waals surface area (Å²) in [5.41, 5.74) is 11.3. The number of benzene rings is 4. The number of hydrogen-bond acceptors (Lipinski definition) is 16. The second kappa shape index (κ2) is 40.8. The van der Waals surface area contributed by atoms with Gasteiger partial charge in [-0.1, -0.05) is 149 Å². The first-order valence-electron chi connectivity index (χ1n) is 29.2. The average Bonchev–Trinajstić information content (AvgIpc) is 1.52. The van der Waals surface area contributed by atoms with Crippen LogP contribution in [0.3, 0.4) is 0 Å². The molecule has 0 saturated carbocycles. The molecule has 1 amide bonds. The number of methoxy groups -OCH3 is 5. The number of esters is 1. The Labute approximate surface area is 568 Å². The number of nitrogens with two attached hydrogens (primary N) is 1. The van der Waals surface area contributed by atoms with E-state index in [1.54, 1.807) is 19.2 Å². The number of Topliss-reactive ketones (excluding diaryl/α,β-unsaturated/α-hetero) is 1. The monoisotopic (exact) mass is 1460 g/mol. The minimum Gasteiger partial charge on any atom is -0.530 e. The van der Waals surface area contributed by atoms with Crippen LogP contribution in [0.1, 0.15) is 96.2 Å². The van der Waals surface area contributed by atoms with E-state index in [0.717, 1.165) is 92.2 Å². The molecule has 7 aromatic rings. The van der Waals surface area contributed by atoms with E-state index >= 15 is 0 Å². The SMILES string of the molecule is CC(=O)N1CCc2c(c(Br)nn2C2CCOCC2)C1.CC(C)[Si](Oc1cc2cccc(Cl)c2cn1)(C(C)C)C(C)C.COC(=O)C(OC)OC.COC(OC)C(=O)CCc1ccccc1Cl.NCc1ccccc1Cl.O=S(=O)(O)O.O=c1cc2cccc(Cl)c2c[nH]1. The van der Waals surface area contributed by atoms with Gasteiger partial charge in [-0.3, -0.25) is 28.2 Å². The lowest BCUT2D eigenvalue weighted by Crippen LogP contribution is -2.50. The van der Waals surface area contributed by atoms with E-state index in [9.17, 15) is 19.2 Å². The van der Waals surface area contributed by atoms with Crippen molar-refractivity contribution in [2.24, 2.45) is 5.73 Å². The highest BCUT2D eigenvalue weighted by Gasteiger charge is 2.47. The normalized spacial score (nSPS) is 13.0. The van der Waals surface area contributed by atoms with Crippen LogP contribution < -0.4 is 15.7 Å². The van der Waals surface area contributed by atoms with Gasteiger partial charge in [0.25, 0.3) is 14.6 Å². The summed E-state index contributed by atoms with van der Waals surface area (Å²) in [6.45, 7) is 18.9. The van der Waals surface area contributed by atoms with Crippen LogP contribution >= 0.6 is 62.3 Å². The van der Waals surface area contributed by atoms with Gasteiger partial charge >= 0.3 is 16.4 Å².